The third-order valence-electron chi connectivity index (χ3n) is 5.35. The largest absolute Gasteiger partial charge is 0.379 e. The minimum absolute atomic E-state index is 0.202. The van der Waals surface area contributed by atoms with E-state index in [0.29, 0.717) is 32.7 Å². The first kappa shape index (κ1) is 22.1. The van der Waals surface area contributed by atoms with Gasteiger partial charge in [-0.3, -0.25) is 4.79 Å². The van der Waals surface area contributed by atoms with E-state index in [0.717, 1.165) is 21.9 Å². The van der Waals surface area contributed by atoms with Crippen molar-refractivity contribution in [3.05, 3.63) is 77.9 Å². The van der Waals surface area contributed by atoms with Crippen molar-refractivity contribution in [2.45, 2.75) is 17.7 Å². The van der Waals surface area contributed by atoms with Crippen LogP contribution in [0.3, 0.4) is 0 Å². The van der Waals surface area contributed by atoms with Gasteiger partial charge < -0.3 is 4.74 Å². The van der Waals surface area contributed by atoms with Gasteiger partial charge in [-0.15, -0.1) is 0 Å². The molecule has 3 aromatic carbocycles. The predicted molar refractivity (Wildman–Crippen MR) is 124 cm³/mol. The molecule has 0 radical (unpaired) electrons. The lowest BCUT2D eigenvalue weighted by Crippen LogP contribution is -2.40. The minimum atomic E-state index is -3.51. The summed E-state index contributed by atoms with van der Waals surface area (Å²) >= 11 is 0. The number of hydrazone groups is 1. The van der Waals surface area contributed by atoms with Crippen LogP contribution in [0.4, 0.5) is 0 Å². The molecule has 0 bridgehead atoms. The molecule has 1 aliphatic heterocycles. The molecule has 1 N–H and O–H groups in total. The van der Waals surface area contributed by atoms with Gasteiger partial charge in [0, 0.05) is 19.5 Å². The van der Waals surface area contributed by atoms with E-state index in [4.69, 9.17) is 4.74 Å². The number of nitrogens with one attached hydrogen (secondary N) is 1. The van der Waals surface area contributed by atoms with Crippen molar-refractivity contribution in [2.24, 2.45) is 5.10 Å². The van der Waals surface area contributed by atoms with Crippen LogP contribution in [0.2, 0.25) is 0 Å². The molecular weight excluding hydrogens is 426 g/mol. The lowest BCUT2D eigenvalue weighted by Gasteiger charge is -2.26. The van der Waals surface area contributed by atoms with Crippen molar-refractivity contribution >= 4 is 32.9 Å². The molecule has 0 aromatic heterocycles. The van der Waals surface area contributed by atoms with Gasteiger partial charge in [-0.05, 0) is 46.5 Å². The summed E-state index contributed by atoms with van der Waals surface area (Å²) in [5.74, 6) is -0.202. The van der Waals surface area contributed by atoms with Gasteiger partial charge in [0.25, 0.3) is 0 Å². The van der Waals surface area contributed by atoms with Crippen LogP contribution in [0, 0.1) is 0 Å². The van der Waals surface area contributed by atoms with E-state index in [2.05, 4.69) is 10.5 Å². The summed E-state index contributed by atoms with van der Waals surface area (Å²) in [5.41, 5.74) is 4.34. The molecule has 1 saturated heterocycles. The molecule has 1 heterocycles. The van der Waals surface area contributed by atoms with E-state index < -0.39 is 10.0 Å². The van der Waals surface area contributed by atoms with Crippen LogP contribution < -0.4 is 5.43 Å². The van der Waals surface area contributed by atoms with E-state index in [1.807, 2.05) is 42.5 Å². The first-order valence-corrected chi connectivity index (χ1v) is 11.9. The van der Waals surface area contributed by atoms with Crippen molar-refractivity contribution in [2.75, 3.05) is 26.3 Å². The van der Waals surface area contributed by atoms with Gasteiger partial charge in [0.05, 0.1) is 24.3 Å². The van der Waals surface area contributed by atoms with Gasteiger partial charge in [0.1, 0.15) is 0 Å². The summed E-state index contributed by atoms with van der Waals surface area (Å²) in [4.78, 5) is 12.4. The van der Waals surface area contributed by atoms with Crippen LogP contribution >= 0.6 is 0 Å². The molecule has 0 aliphatic carbocycles. The predicted octanol–water partition coefficient (Wildman–Crippen LogP) is 2.94. The van der Waals surface area contributed by atoms with Crippen LogP contribution in [0.25, 0.3) is 10.8 Å². The van der Waals surface area contributed by atoms with Gasteiger partial charge in [-0.2, -0.15) is 9.41 Å². The number of hydrogen-bond acceptors (Lipinski definition) is 5. The van der Waals surface area contributed by atoms with Crippen molar-refractivity contribution < 1.29 is 17.9 Å². The summed E-state index contributed by atoms with van der Waals surface area (Å²) in [6.45, 7) is 1.56. The average Bonchev–Trinajstić information content (AvgIpc) is 2.83. The highest BCUT2D eigenvalue weighted by molar-refractivity contribution is 7.89. The smallest absolute Gasteiger partial charge is 0.243 e. The first-order valence-electron chi connectivity index (χ1n) is 10.5. The molecule has 4 rings (SSSR count). The number of ether oxygens (including phenoxy) is 1. The van der Waals surface area contributed by atoms with Crippen LogP contribution in [0.15, 0.2) is 76.7 Å². The second-order valence-corrected chi connectivity index (χ2v) is 9.50. The Morgan fingerprint density at radius 1 is 1.00 bits per heavy atom. The summed E-state index contributed by atoms with van der Waals surface area (Å²) in [7, 11) is -3.51. The number of amides is 1. The zero-order chi connectivity index (χ0) is 22.4. The summed E-state index contributed by atoms with van der Waals surface area (Å²) in [5, 5.41) is 6.30. The minimum Gasteiger partial charge on any atom is -0.379 e. The van der Waals surface area contributed by atoms with Gasteiger partial charge in [-0.25, -0.2) is 13.8 Å². The second-order valence-electron chi connectivity index (χ2n) is 7.56. The molecule has 3 aromatic rings. The Bertz CT molecular complexity index is 1220. The molecule has 0 atom stereocenters. The number of aryl methyl sites for hydroxylation is 1. The van der Waals surface area contributed by atoms with Gasteiger partial charge >= 0.3 is 0 Å². The number of fused-ring (bicyclic) bond motifs is 1. The molecule has 7 nitrogen and oxygen atoms in total. The molecule has 1 aliphatic rings. The molecule has 166 valence electrons. The van der Waals surface area contributed by atoms with Crippen molar-refractivity contribution in [3.63, 3.8) is 0 Å². The summed E-state index contributed by atoms with van der Waals surface area (Å²) in [6, 6.07) is 20.7. The maximum absolute atomic E-state index is 12.7. The molecule has 0 unspecified atom stereocenters. The van der Waals surface area contributed by atoms with Crippen molar-refractivity contribution in [1.82, 2.24) is 9.73 Å². The highest BCUT2D eigenvalue weighted by Crippen LogP contribution is 2.18. The van der Waals surface area contributed by atoms with Crippen molar-refractivity contribution in [1.29, 1.82) is 0 Å². The Morgan fingerprint density at radius 3 is 2.47 bits per heavy atom. The molecule has 8 heteroatoms. The van der Waals surface area contributed by atoms with Crippen molar-refractivity contribution in [3.8, 4) is 0 Å². The SMILES string of the molecule is O=C(CCc1ccc(S(=O)(=O)N2CCOCC2)cc1)N/N=C/c1ccc2ccccc2c1. The molecule has 0 spiro atoms. The Labute approximate surface area is 187 Å². The fourth-order valence-corrected chi connectivity index (χ4v) is 4.95. The third-order valence-corrected chi connectivity index (χ3v) is 7.26. The van der Waals surface area contributed by atoms with Gasteiger partial charge in [-0.1, -0.05) is 48.5 Å². The van der Waals surface area contributed by atoms with Crippen LogP contribution in [-0.4, -0.2) is 51.1 Å². The topological polar surface area (TPSA) is 88.1 Å². The number of rotatable bonds is 7. The zero-order valence-electron chi connectivity index (χ0n) is 17.6. The number of carbonyl (C=O) groups is 1. The maximum Gasteiger partial charge on any atom is 0.243 e. The molecule has 32 heavy (non-hydrogen) atoms. The standard InChI is InChI=1S/C24H25N3O4S/c28-24(26-25-18-20-5-9-21-3-1-2-4-22(21)17-20)12-8-19-6-10-23(11-7-19)32(29,30)27-13-15-31-16-14-27/h1-7,9-11,17-18H,8,12-16H2,(H,26,28)/b25-18+. The van der Waals surface area contributed by atoms with E-state index in [1.54, 1.807) is 30.5 Å². The summed E-state index contributed by atoms with van der Waals surface area (Å²) < 4.78 is 32.0. The lowest BCUT2D eigenvalue weighted by molar-refractivity contribution is -0.121. The molecular formula is C24H25N3O4S. The molecule has 1 fully saturated rings. The number of hydrogen-bond donors (Lipinski definition) is 1. The third kappa shape index (κ3) is 5.40. The zero-order valence-corrected chi connectivity index (χ0v) is 18.4. The second kappa shape index (κ2) is 10.0. The normalized spacial score (nSPS) is 15.2. The Morgan fingerprint density at radius 2 is 1.72 bits per heavy atom. The van der Waals surface area contributed by atoms with Crippen LogP contribution in [-0.2, 0) is 26.0 Å². The fourth-order valence-electron chi connectivity index (χ4n) is 3.54. The highest BCUT2D eigenvalue weighted by Gasteiger charge is 2.26. The lowest BCUT2D eigenvalue weighted by atomic mass is 10.1. The quantitative estimate of drug-likeness (QED) is 0.442. The fraction of sp³-hybridized carbons (Fsp3) is 0.250. The van der Waals surface area contributed by atoms with E-state index in [9.17, 15) is 13.2 Å². The first-order chi connectivity index (χ1) is 15.5. The Balaban J connectivity index is 1.28. The van der Waals surface area contributed by atoms with E-state index in [1.165, 1.54) is 4.31 Å². The number of morpholine rings is 1. The maximum atomic E-state index is 12.7. The van der Waals surface area contributed by atoms with Gasteiger partial charge in [0.15, 0.2) is 0 Å². The number of nitrogens with zero attached hydrogens (tertiary/aromatic N) is 2. The van der Waals surface area contributed by atoms with Gasteiger partial charge in [0.2, 0.25) is 15.9 Å². The van der Waals surface area contributed by atoms with Crippen LogP contribution in [0.1, 0.15) is 17.5 Å². The highest BCUT2D eigenvalue weighted by atomic mass is 32.2. The molecule has 1 amide bonds. The van der Waals surface area contributed by atoms with E-state index in [-0.39, 0.29) is 17.2 Å². The van der Waals surface area contributed by atoms with E-state index >= 15 is 0 Å². The average molecular weight is 452 g/mol. The molecule has 0 saturated carbocycles. The number of benzene rings is 3. The summed E-state index contributed by atoms with van der Waals surface area (Å²) in [6.07, 6.45) is 2.37. The van der Waals surface area contributed by atoms with Crippen LogP contribution in [0.5, 0.6) is 0 Å². The monoisotopic (exact) mass is 451 g/mol. The number of carbonyl (C=O) groups excluding carboxylic acids is 1. The Kier molecular flexibility index (Phi) is 6.94. The Hall–Kier alpha value is -3.07. The number of sulfonamides is 1.